The van der Waals surface area contributed by atoms with Crippen LogP contribution in [0.15, 0.2) is 28.7 Å². The minimum atomic E-state index is -0.367. The summed E-state index contributed by atoms with van der Waals surface area (Å²) in [6.45, 7) is 0.546. The number of benzene rings is 1. The van der Waals surface area contributed by atoms with E-state index >= 15 is 0 Å². The van der Waals surface area contributed by atoms with Crippen LogP contribution in [0.5, 0.6) is 0 Å². The quantitative estimate of drug-likeness (QED) is 0.783. The Balaban J connectivity index is 2.28. The van der Waals surface area contributed by atoms with Crippen LogP contribution in [0, 0.1) is 11.2 Å². The van der Waals surface area contributed by atoms with Crippen molar-refractivity contribution < 1.29 is 13.5 Å². The van der Waals surface area contributed by atoms with Crippen LogP contribution >= 0.6 is 0 Å². The summed E-state index contributed by atoms with van der Waals surface area (Å²) < 4.78 is 25.2. The summed E-state index contributed by atoms with van der Waals surface area (Å²) in [5, 5.41) is 12.7. The Morgan fingerprint density at radius 2 is 2.26 bits per heavy atom. The zero-order valence-corrected chi connectivity index (χ0v) is 10.3. The third-order valence-electron chi connectivity index (χ3n) is 2.93. The number of rotatable bonds is 3. The Hall–Kier alpha value is -2.21. The second-order valence-electron chi connectivity index (χ2n) is 4.22. The smallest absolute Gasteiger partial charge is 0.224 e. The van der Waals surface area contributed by atoms with Gasteiger partial charge in [-0.2, -0.15) is 9.61 Å². The highest BCUT2D eigenvalue weighted by Gasteiger charge is 2.09. The van der Waals surface area contributed by atoms with Crippen LogP contribution in [0.4, 0.5) is 4.39 Å². The number of halogens is 1. The average molecular weight is 261 g/mol. The standard InChI is InChI=1S/C13H12FN3O2/c1-18-5-4-9-7-12-17(16-9)11-6-8(14)2-3-10(11)13(15)19-12/h2-3,6-7,15H,4-5H2,1H3. The minimum absolute atomic E-state index is 0.000640. The number of fused-ring (bicyclic) bond motifs is 3. The van der Waals surface area contributed by atoms with E-state index in [1.807, 2.05) is 0 Å². The van der Waals surface area contributed by atoms with Gasteiger partial charge in [0.2, 0.25) is 11.3 Å². The van der Waals surface area contributed by atoms with E-state index in [1.54, 1.807) is 13.2 Å². The van der Waals surface area contributed by atoms with Gasteiger partial charge in [0.15, 0.2) is 0 Å². The maximum absolute atomic E-state index is 13.4. The molecule has 98 valence electrons. The molecule has 0 radical (unpaired) electrons. The second-order valence-corrected chi connectivity index (χ2v) is 4.22. The number of aromatic nitrogens is 2. The molecule has 0 aliphatic heterocycles. The normalized spacial score (nSPS) is 11.5. The molecule has 0 fully saturated rings. The van der Waals surface area contributed by atoms with E-state index in [-0.39, 0.29) is 11.4 Å². The molecule has 1 aromatic carbocycles. The summed E-state index contributed by atoms with van der Waals surface area (Å²) in [5.74, 6) is -0.367. The molecule has 0 amide bonds. The van der Waals surface area contributed by atoms with Crippen LogP contribution in [0.3, 0.4) is 0 Å². The van der Waals surface area contributed by atoms with Crippen molar-refractivity contribution in [3.8, 4) is 0 Å². The van der Waals surface area contributed by atoms with Gasteiger partial charge < -0.3 is 9.15 Å². The number of hydrogen-bond donors (Lipinski definition) is 1. The topological polar surface area (TPSA) is 63.5 Å². The molecule has 2 aromatic heterocycles. The van der Waals surface area contributed by atoms with Crippen molar-refractivity contribution >= 4 is 16.6 Å². The van der Waals surface area contributed by atoms with Crippen LogP contribution in [-0.2, 0) is 11.2 Å². The molecule has 0 bridgehead atoms. The average Bonchev–Trinajstić information content (AvgIpc) is 2.79. The lowest BCUT2D eigenvalue weighted by Crippen LogP contribution is -2.05. The molecule has 5 nitrogen and oxygen atoms in total. The Morgan fingerprint density at radius 1 is 1.42 bits per heavy atom. The van der Waals surface area contributed by atoms with Crippen molar-refractivity contribution in [1.29, 1.82) is 5.41 Å². The number of nitrogens with one attached hydrogen (secondary N) is 1. The Labute approximate surface area is 107 Å². The van der Waals surface area contributed by atoms with Crippen molar-refractivity contribution in [2.24, 2.45) is 0 Å². The molecule has 0 saturated heterocycles. The number of hydrogen-bond acceptors (Lipinski definition) is 4. The van der Waals surface area contributed by atoms with Gasteiger partial charge in [-0.15, -0.1) is 0 Å². The maximum Gasteiger partial charge on any atom is 0.224 e. The van der Waals surface area contributed by atoms with Gasteiger partial charge >= 0.3 is 0 Å². The predicted molar refractivity (Wildman–Crippen MR) is 66.4 cm³/mol. The van der Waals surface area contributed by atoms with E-state index < -0.39 is 0 Å². The summed E-state index contributed by atoms with van der Waals surface area (Å²) in [4.78, 5) is 0. The lowest BCUT2D eigenvalue weighted by molar-refractivity contribution is 0.201. The van der Waals surface area contributed by atoms with E-state index in [2.05, 4.69) is 5.10 Å². The fourth-order valence-corrected chi connectivity index (χ4v) is 2.02. The van der Waals surface area contributed by atoms with Crippen molar-refractivity contribution in [2.45, 2.75) is 6.42 Å². The monoisotopic (exact) mass is 261 g/mol. The van der Waals surface area contributed by atoms with Crippen LogP contribution in [0.2, 0.25) is 0 Å². The second kappa shape index (κ2) is 4.47. The lowest BCUT2D eigenvalue weighted by Gasteiger charge is -2.00. The van der Waals surface area contributed by atoms with Crippen LogP contribution in [-0.4, -0.2) is 23.3 Å². The first-order valence-electron chi connectivity index (χ1n) is 5.83. The molecule has 0 saturated carbocycles. The summed E-state index contributed by atoms with van der Waals surface area (Å²) in [6.07, 6.45) is 0.637. The van der Waals surface area contributed by atoms with Gasteiger partial charge in [0.1, 0.15) is 5.82 Å². The van der Waals surface area contributed by atoms with Gasteiger partial charge in [0.05, 0.1) is 23.2 Å². The molecule has 3 rings (SSSR count). The third kappa shape index (κ3) is 2.00. The van der Waals surface area contributed by atoms with Crippen molar-refractivity contribution in [3.63, 3.8) is 0 Å². The third-order valence-corrected chi connectivity index (χ3v) is 2.93. The highest BCUT2D eigenvalue weighted by molar-refractivity contribution is 5.78. The van der Waals surface area contributed by atoms with Gasteiger partial charge in [0, 0.05) is 25.7 Å². The largest absolute Gasteiger partial charge is 0.420 e. The molecule has 6 heteroatoms. The van der Waals surface area contributed by atoms with Gasteiger partial charge in [0.25, 0.3) is 0 Å². The predicted octanol–water partition coefficient (Wildman–Crippen LogP) is 1.89. The first-order chi connectivity index (χ1) is 9.19. The highest BCUT2D eigenvalue weighted by Crippen LogP contribution is 2.15. The van der Waals surface area contributed by atoms with Crippen LogP contribution in [0.25, 0.3) is 16.6 Å². The minimum Gasteiger partial charge on any atom is -0.420 e. The highest BCUT2D eigenvalue weighted by atomic mass is 19.1. The van der Waals surface area contributed by atoms with E-state index in [0.717, 1.165) is 5.69 Å². The van der Waals surface area contributed by atoms with E-state index in [9.17, 15) is 4.39 Å². The van der Waals surface area contributed by atoms with Gasteiger partial charge in [-0.1, -0.05) is 0 Å². The zero-order valence-electron chi connectivity index (χ0n) is 10.3. The molecular weight excluding hydrogens is 249 g/mol. The molecule has 0 aliphatic carbocycles. The first kappa shape index (κ1) is 11.9. The van der Waals surface area contributed by atoms with E-state index in [1.165, 1.54) is 22.7 Å². The Morgan fingerprint density at radius 3 is 3.05 bits per heavy atom. The Kier molecular flexibility index (Phi) is 2.79. The molecule has 0 spiro atoms. The van der Waals surface area contributed by atoms with E-state index in [0.29, 0.717) is 29.6 Å². The zero-order chi connectivity index (χ0) is 13.4. The molecule has 0 unspecified atom stereocenters. The number of nitrogens with zero attached hydrogens (tertiary/aromatic N) is 2. The fraction of sp³-hybridized carbons (Fsp3) is 0.231. The van der Waals surface area contributed by atoms with Gasteiger partial charge in [-0.3, -0.25) is 5.41 Å². The molecule has 0 atom stereocenters. The summed E-state index contributed by atoms with van der Waals surface area (Å²) in [7, 11) is 1.62. The maximum atomic E-state index is 13.4. The molecule has 0 aliphatic rings. The molecule has 2 heterocycles. The van der Waals surface area contributed by atoms with E-state index in [4.69, 9.17) is 14.6 Å². The van der Waals surface area contributed by atoms with Crippen LogP contribution in [0.1, 0.15) is 5.69 Å². The first-order valence-corrected chi connectivity index (χ1v) is 5.83. The SMILES string of the molecule is COCCc1cc2oc(=N)c3ccc(F)cc3n2n1. The van der Waals surface area contributed by atoms with Gasteiger partial charge in [-0.05, 0) is 12.1 Å². The van der Waals surface area contributed by atoms with Crippen molar-refractivity contribution in [2.75, 3.05) is 13.7 Å². The molecule has 1 N–H and O–H groups in total. The summed E-state index contributed by atoms with van der Waals surface area (Å²) in [6, 6.07) is 5.91. The van der Waals surface area contributed by atoms with Crippen molar-refractivity contribution in [1.82, 2.24) is 9.61 Å². The van der Waals surface area contributed by atoms with Crippen molar-refractivity contribution in [3.05, 3.63) is 41.3 Å². The van der Waals surface area contributed by atoms with Gasteiger partial charge in [-0.25, -0.2) is 4.39 Å². The number of ether oxygens (including phenoxy) is 1. The summed E-state index contributed by atoms with van der Waals surface area (Å²) in [5.41, 5.74) is 1.73. The van der Waals surface area contributed by atoms with Crippen LogP contribution < -0.4 is 5.55 Å². The fourth-order valence-electron chi connectivity index (χ4n) is 2.02. The molecule has 3 aromatic rings. The lowest BCUT2D eigenvalue weighted by atomic mass is 10.2. The Bertz CT molecular complexity index is 807. The molecular formula is C13H12FN3O2. The number of methoxy groups -OCH3 is 1. The molecule has 19 heavy (non-hydrogen) atoms. The summed E-state index contributed by atoms with van der Waals surface area (Å²) >= 11 is 0.